The summed E-state index contributed by atoms with van der Waals surface area (Å²) in [6.07, 6.45) is 10.2. The summed E-state index contributed by atoms with van der Waals surface area (Å²) in [7, 11) is 0. The van der Waals surface area contributed by atoms with Crippen LogP contribution in [0.5, 0.6) is 0 Å². The predicted octanol–water partition coefficient (Wildman–Crippen LogP) is 3.08. The van der Waals surface area contributed by atoms with Crippen molar-refractivity contribution in [3.8, 4) is 0 Å². The second-order valence-electron chi connectivity index (χ2n) is 4.72. The van der Waals surface area contributed by atoms with Crippen LogP contribution in [-0.2, 0) is 12.8 Å². The number of pyridine rings is 1. The van der Waals surface area contributed by atoms with Crippen LogP contribution in [0.15, 0.2) is 36.2 Å². The fourth-order valence-corrected chi connectivity index (χ4v) is 2.78. The highest BCUT2D eigenvalue weighted by Gasteiger charge is 2.10. The van der Waals surface area contributed by atoms with E-state index in [1.165, 1.54) is 16.9 Å². The number of rotatable bonds is 8. The predicted molar refractivity (Wildman–Crippen MR) is 80.5 cm³/mol. The van der Waals surface area contributed by atoms with Crippen LogP contribution in [0, 0.1) is 0 Å². The highest BCUT2D eigenvalue weighted by Crippen LogP contribution is 2.13. The van der Waals surface area contributed by atoms with E-state index in [2.05, 4.69) is 34.3 Å². The van der Waals surface area contributed by atoms with Gasteiger partial charge in [0.2, 0.25) is 0 Å². The second-order valence-corrected chi connectivity index (χ2v) is 5.69. The fourth-order valence-electron chi connectivity index (χ4n) is 2.10. The zero-order valence-electron chi connectivity index (χ0n) is 11.4. The van der Waals surface area contributed by atoms with Crippen LogP contribution >= 0.6 is 11.3 Å². The average molecular weight is 275 g/mol. The third kappa shape index (κ3) is 5.09. The first-order valence-electron chi connectivity index (χ1n) is 6.88. The molecule has 0 saturated carbocycles. The molecule has 2 rings (SSSR count). The number of aromatic nitrogens is 2. The molecule has 102 valence electrons. The Bertz CT molecular complexity index is 442. The molecule has 0 saturated heterocycles. The van der Waals surface area contributed by atoms with E-state index in [-0.39, 0.29) is 0 Å². The van der Waals surface area contributed by atoms with E-state index in [0.29, 0.717) is 6.04 Å². The summed E-state index contributed by atoms with van der Waals surface area (Å²) in [5, 5.41) is 3.64. The molecule has 2 aromatic heterocycles. The molecule has 1 atom stereocenters. The molecule has 1 N–H and O–H groups in total. The summed E-state index contributed by atoms with van der Waals surface area (Å²) < 4.78 is 0. The lowest BCUT2D eigenvalue weighted by Gasteiger charge is -2.17. The van der Waals surface area contributed by atoms with Gasteiger partial charge in [0.15, 0.2) is 0 Å². The van der Waals surface area contributed by atoms with Crippen molar-refractivity contribution >= 4 is 11.3 Å². The minimum Gasteiger partial charge on any atom is -0.314 e. The Morgan fingerprint density at radius 1 is 1.26 bits per heavy atom. The molecule has 19 heavy (non-hydrogen) atoms. The van der Waals surface area contributed by atoms with E-state index in [1.807, 2.05) is 24.1 Å². The Kier molecular flexibility index (Phi) is 5.98. The molecule has 0 amide bonds. The first-order valence-corrected chi connectivity index (χ1v) is 7.76. The molecule has 0 aromatic carbocycles. The topological polar surface area (TPSA) is 37.8 Å². The Labute approximate surface area is 119 Å². The van der Waals surface area contributed by atoms with Crippen molar-refractivity contribution in [1.82, 2.24) is 15.3 Å². The van der Waals surface area contributed by atoms with Gasteiger partial charge in [-0.3, -0.25) is 9.97 Å². The summed E-state index contributed by atoms with van der Waals surface area (Å²) in [5.74, 6) is 0. The van der Waals surface area contributed by atoms with Gasteiger partial charge in [0, 0.05) is 29.5 Å². The third-order valence-electron chi connectivity index (χ3n) is 3.14. The smallest absolute Gasteiger partial charge is 0.0794 e. The average Bonchev–Trinajstić information content (AvgIpc) is 2.96. The fraction of sp³-hybridized carbons (Fsp3) is 0.467. The maximum absolute atomic E-state index is 4.16. The lowest BCUT2D eigenvalue weighted by atomic mass is 10.0. The van der Waals surface area contributed by atoms with Gasteiger partial charge in [-0.25, -0.2) is 0 Å². The first-order chi connectivity index (χ1) is 9.38. The highest BCUT2D eigenvalue weighted by atomic mass is 32.1. The molecule has 0 aliphatic heterocycles. The molecule has 2 heterocycles. The summed E-state index contributed by atoms with van der Waals surface area (Å²) in [6, 6.07) is 4.74. The molecule has 1 unspecified atom stereocenters. The third-order valence-corrected chi connectivity index (χ3v) is 3.95. The van der Waals surface area contributed by atoms with Crippen molar-refractivity contribution in [2.24, 2.45) is 0 Å². The maximum atomic E-state index is 4.16. The van der Waals surface area contributed by atoms with Crippen molar-refractivity contribution in [2.45, 2.75) is 38.6 Å². The molecule has 0 aliphatic rings. The van der Waals surface area contributed by atoms with Crippen LogP contribution < -0.4 is 5.32 Å². The largest absolute Gasteiger partial charge is 0.314 e. The summed E-state index contributed by atoms with van der Waals surface area (Å²) in [5.41, 5.74) is 3.28. The number of hydrogen-bond donors (Lipinski definition) is 1. The highest BCUT2D eigenvalue weighted by molar-refractivity contribution is 7.09. The van der Waals surface area contributed by atoms with Crippen LogP contribution in [0.3, 0.4) is 0 Å². The molecular weight excluding hydrogens is 254 g/mol. The van der Waals surface area contributed by atoms with Crippen LogP contribution in [0.2, 0.25) is 0 Å². The molecule has 0 bridgehead atoms. The van der Waals surface area contributed by atoms with Gasteiger partial charge >= 0.3 is 0 Å². The van der Waals surface area contributed by atoms with Gasteiger partial charge in [0.1, 0.15) is 0 Å². The molecule has 0 fully saturated rings. The van der Waals surface area contributed by atoms with E-state index in [4.69, 9.17) is 0 Å². The minimum absolute atomic E-state index is 0.536. The SMILES string of the molecule is CCCNC(CCc1ccncc1)Cc1cncs1. The quantitative estimate of drug-likeness (QED) is 0.804. The monoisotopic (exact) mass is 275 g/mol. The molecule has 3 nitrogen and oxygen atoms in total. The molecule has 4 heteroatoms. The van der Waals surface area contributed by atoms with Gasteiger partial charge in [-0.2, -0.15) is 0 Å². The van der Waals surface area contributed by atoms with Gasteiger partial charge in [-0.1, -0.05) is 6.92 Å². The van der Waals surface area contributed by atoms with Crippen molar-refractivity contribution in [2.75, 3.05) is 6.54 Å². The van der Waals surface area contributed by atoms with E-state index in [0.717, 1.165) is 25.8 Å². The molecule has 0 spiro atoms. The van der Waals surface area contributed by atoms with Gasteiger partial charge in [-0.05, 0) is 49.9 Å². The lowest BCUT2D eigenvalue weighted by molar-refractivity contribution is 0.480. The Morgan fingerprint density at radius 2 is 2.11 bits per heavy atom. The zero-order chi connectivity index (χ0) is 13.3. The van der Waals surface area contributed by atoms with Crippen LogP contribution in [0.1, 0.15) is 30.2 Å². The van der Waals surface area contributed by atoms with E-state index in [1.54, 1.807) is 11.3 Å². The van der Waals surface area contributed by atoms with Gasteiger partial charge in [-0.15, -0.1) is 11.3 Å². The van der Waals surface area contributed by atoms with Crippen molar-refractivity contribution in [3.05, 3.63) is 46.7 Å². The minimum atomic E-state index is 0.536. The Hall–Kier alpha value is -1.26. The van der Waals surface area contributed by atoms with Gasteiger partial charge in [0.05, 0.1) is 5.51 Å². The standard InChI is InChI=1S/C15H21N3S/c1-2-7-18-14(10-15-11-17-12-19-15)4-3-13-5-8-16-9-6-13/h5-6,8-9,11-12,14,18H,2-4,7,10H2,1H3. The lowest BCUT2D eigenvalue weighted by Crippen LogP contribution is -2.32. The van der Waals surface area contributed by atoms with Crippen molar-refractivity contribution < 1.29 is 0 Å². The maximum Gasteiger partial charge on any atom is 0.0794 e. The van der Waals surface area contributed by atoms with E-state index >= 15 is 0 Å². The summed E-state index contributed by atoms with van der Waals surface area (Å²) in [6.45, 7) is 3.29. The molecule has 0 radical (unpaired) electrons. The van der Waals surface area contributed by atoms with E-state index in [9.17, 15) is 0 Å². The number of nitrogens with one attached hydrogen (secondary N) is 1. The van der Waals surface area contributed by atoms with Crippen molar-refractivity contribution in [1.29, 1.82) is 0 Å². The Morgan fingerprint density at radius 3 is 2.79 bits per heavy atom. The van der Waals surface area contributed by atoms with Crippen LogP contribution in [0.4, 0.5) is 0 Å². The van der Waals surface area contributed by atoms with Crippen molar-refractivity contribution in [3.63, 3.8) is 0 Å². The summed E-state index contributed by atoms with van der Waals surface area (Å²) >= 11 is 1.75. The molecule has 2 aromatic rings. The Balaban J connectivity index is 1.86. The number of aryl methyl sites for hydroxylation is 1. The number of thiazole rings is 1. The van der Waals surface area contributed by atoms with Crippen LogP contribution in [-0.4, -0.2) is 22.6 Å². The molecular formula is C15H21N3S. The van der Waals surface area contributed by atoms with Gasteiger partial charge in [0.25, 0.3) is 0 Å². The normalized spacial score (nSPS) is 12.5. The van der Waals surface area contributed by atoms with Gasteiger partial charge < -0.3 is 5.32 Å². The molecule has 0 aliphatic carbocycles. The zero-order valence-corrected chi connectivity index (χ0v) is 12.2. The number of hydrogen-bond acceptors (Lipinski definition) is 4. The first kappa shape index (κ1) is 14.2. The number of nitrogens with zero attached hydrogens (tertiary/aromatic N) is 2. The van der Waals surface area contributed by atoms with E-state index < -0.39 is 0 Å². The summed E-state index contributed by atoms with van der Waals surface area (Å²) in [4.78, 5) is 9.58. The second kappa shape index (κ2) is 8.02. The van der Waals surface area contributed by atoms with Crippen LogP contribution in [0.25, 0.3) is 0 Å².